The van der Waals surface area contributed by atoms with Crippen molar-refractivity contribution >= 4 is 17.5 Å². The standard InChI is InChI=1S/C29H30ClF2N3O2/c1-2-19-6-5-7-20(10-19)17-34-18-28(36)27(13-21-11-24(31)15-25(32)12-21)35-29(37)23(16-33)14-22-8-3-4-9-26(22)30/h3-12,15,23,27-28,34,36H,2,13-14,17-18H2,1H3,(H,35,37)/t23?,27-,28-/m0/s1. The van der Waals surface area contributed by atoms with Crippen molar-refractivity contribution in [1.82, 2.24) is 10.6 Å². The maximum absolute atomic E-state index is 13.8. The number of carbonyl (C=O) groups excluding carboxylic acids is 1. The molecule has 0 spiro atoms. The Bertz CT molecular complexity index is 1230. The van der Waals surface area contributed by atoms with Crippen LogP contribution in [0.15, 0.2) is 66.7 Å². The molecule has 3 atom stereocenters. The van der Waals surface area contributed by atoms with Crippen LogP contribution < -0.4 is 10.6 Å². The minimum absolute atomic E-state index is 0.0289. The van der Waals surface area contributed by atoms with Crippen LogP contribution in [0.2, 0.25) is 5.02 Å². The van der Waals surface area contributed by atoms with Crippen LogP contribution in [-0.4, -0.2) is 29.7 Å². The van der Waals surface area contributed by atoms with Gasteiger partial charge in [-0.15, -0.1) is 0 Å². The molecule has 0 aromatic heterocycles. The van der Waals surface area contributed by atoms with Crippen molar-refractivity contribution in [3.63, 3.8) is 0 Å². The summed E-state index contributed by atoms with van der Waals surface area (Å²) in [6, 6.07) is 19.1. The fourth-order valence-corrected chi connectivity index (χ4v) is 4.31. The summed E-state index contributed by atoms with van der Waals surface area (Å²) < 4.78 is 27.6. The smallest absolute Gasteiger partial charge is 0.238 e. The van der Waals surface area contributed by atoms with Gasteiger partial charge in [0, 0.05) is 24.2 Å². The number of halogens is 3. The second-order valence-corrected chi connectivity index (χ2v) is 9.35. The third-order valence-electron chi connectivity index (χ3n) is 6.11. The lowest BCUT2D eigenvalue weighted by Crippen LogP contribution is -2.50. The highest BCUT2D eigenvalue weighted by atomic mass is 35.5. The Labute approximate surface area is 221 Å². The number of rotatable bonds is 12. The number of aryl methyl sites for hydroxylation is 1. The molecule has 0 saturated heterocycles. The molecular formula is C29H30ClF2N3O2. The second-order valence-electron chi connectivity index (χ2n) is 8.95. The lowest BCUT2D eigenvalue weighted by molar-refractivity contribution is -0.124. The number of aliphatic hydroxyl groups is 1. The van der Waals surface area contributed by atoms with Crippen LogP contribution in [-0.2, 0) is 30.6 Å². The van der Waals surface area contributed by atoms with E-state index in [-0.39, 0.29) is 24.9 Å². The van der Waals surface area contributed by atoms with Gasteiger partial charge >= 0.3 is 0 Å². The lowest BCUT2D eigenvalue weighted by Gasteiger charge is -2.26. The van der Waals surface area contributed by atoms with E-state index < -0.39 is 35.6 Å². The molecule has 3 rings (SSSR count). The van der Waals surface area contributed by atoms with Crippen LogP contribution >= 0.6 is 11.6 Å². The highest BCUT2D eigenvalue weighted by Gasteiger charge is 2.27. The third kappa shape index (κ3) is 8.64. The van der Waals surface area contributed by atoms with E-state index in [4.69, 9.17) is 11.6 Å². The number of nitrogens with zero attached hydrogens (tertiary/aromatic N) is 1. The monoisotopic (exact) mass is 525 g/mol. The zero-order valence-corrected chi connectivity index (χ0v) is 21.3. The first kappa shape index (κ1) is 28.3. The summed E-state index contributed by atoms with van der Waals surface area (Å²) in [5.74, 6) is -3.17. The van der Waals surface area contributed by atoms with Crippen molar-refractivity contribution in [1.29, 1.82) is 5.26 Å². The molecule has 1 unspecified atom stereocenters. The Morgan fingerprint density at radius 3 is 2.38 bits per heavy atom. The van der Waals surface area contributed by atoms with Gasteiger partial charge in [0.1, 0.15) is 17.6 Å². The van der Waals surface area contributed by atoms with Gasteiger partial charge in [-0.05, 0) is 59.7 Å². The number of amides is 1. The molecule has 0 radical (unpaired) electrons. The number of nitriles is 1. The van der Waals surface area contributed by atoms with Gasteiger partial charge in [-0.2, -0.15) is 5.26 Å². The molecule has 3 N–H and O–H groups in total. The summed E-state index contributed by atoms with van der Waals surface area (Å²) in [6.07, 6.45) is -0.128. The molecule has 3 aromatic rings. The Morgan fingerprint density at radius 2 is 1.70 bits per heavy atom. The Balaban J connectivity index is 1.72. The molecule has 5 nitrogen and oxygen atoms in total. The molecule has 37 heavy (non-hydrogen) atoms. The van der Waals surface area contributed by atoms with E-state index in [2.05, 4.69) is 23.6 Å². The van der Waals surface area contributed by atoms with Crippen molar-refractivity contribution in [2.45, 2.75) is 44.9 Å². The van der Waals surface area contributed by atoms with Crippen molar-refractivity contribution in [2.75, 3.05) is 6.54 Å². The quantitative estimate of drug-likeness (QED) is 0.319. The number of nitrogens with one attached hydrogen (secondary N) is 2. The van der Waals surface area contributed by atoms with Gasteiger partial charge in [-0.3, -0.25) is 4.79 Å². The van der Waals surface area contributed by atoms with Crippen molar-refractivity contribution in [2.24, 2.45) is 5.92 Å². The molecule has 8 heteroatoms. The third-order valence-corrected chi connectivity index (χ3v) is 6.48. The molecule has 0 bridgehead atoms. The molecule has 194 valence electrons. The molecule has 0 aliphatic rings. The SMILES string of the molecule is CCc1cccc(CNC[C@H](O)[C@H](Cc2cc(F)cc(F)c2)NC(=O)C(C#N)Cc2ccccc2Cl)c1. The highest BCUT2D eigenvalue weighted by molar-refractivity contribution is 6.31. The predicted octanol–water partition coefficient (Wildman–Crippen LogP) is 4.74. The molecule has 0 saturated carbocycles. The zero-order chi connectivity index (χ0) is 26.8. The maximum atomic E-state index is 13.8. The Morgan fingerprint density at radius 1 is 1.00 bits per heavy atom. The van der Waals surface area contributed by atoms with Gasteiger partial charge in [-0.25, -0.2) is 8.78 Å². The maximum Gasteiger partial charge on any atom is 0.238 e. The van der Waals surface area contributed by atoms with Gasteiger partial charge in [0.25, 0.3) is 0 Å². The van der Waals surface area contributed by atoms with Crippen LogP contribution in [0.1, 0.15) is 29.2 Å². The summed E-state index contributed by atoms with van der Waals surface area (Å²) in [7, 11) is 0. The van der Waals surface area contributed by atoms with Crippen LogP contribution in [0.4, 0.5) is 8.78 Å². The van der Waals surface area contributed by atoms with E-state index in [9.17, 15) is 23.9 Å². The van der Waals surface area contributed by atoms with E-state index >= 15 is 0 Å². The molecule has 0 fully saturated rings. The van der Waals surface area contributed by atoms with Crippen LogP contribution in [0, 0.1) is 28.9 Å². The summed E-state index contributed by atoms with van der Waals surface area (Å²) in [4.78, 5) is 13.0. The van der Waals surface area contributed by atoms with Crippen LogP contribution in [0.5, 0.6) is 0 Å². The summed E-state index contributed by atoms with van der Waals surface area (Å²) in [5.41, 5.74) is 3.16. The summed E-state index contributed by atoms with van der Waals surface area (Å²) >= 11 is 6.19. The number of aliphatic hydroxyl groups excluding tert-OH is 1. The molecule has 3 aromatic carbocycles. The average molecular weight is 526 g/mol. The molecule has 1 amide bonds. The fourth-order valence-electron chi connectivity index (χ4n) is 4.10. The van der Waals surface area contributed by atoms with Gasteiger partial charge in [-0.1, -0.05) is 61.0 Å². The topological polar surface area (TPSA) is 85.2 Å². The zero-order valence-electron chi connectivity index (χ0n) is 20.6. The Hall–Kier alpha value is -3.31. The summed E-state index contributed by atoms with van der Waals surface area (Å²) in [6.45, 7) is 2.67. The predicted molar refractivity (Wildman–Crippen MR) is 140 cm³/mol. The van der Waals surface area contributed by atoms with E-state index in [1.165, 1.54) is 5.56 Å². The van der Waals surface area contributed by atoms with E-state index in [1.54, 1.807) is 24.3 Å². The number of hydrogen-bond acceptors (Lipinski definition) is 4. The van der Waals surface area contributed by atoms with Crippen molar-refractivity contribution in [3.05, 3.63) is 106 Å². The molecule has 0 aliphatic heterocycles. The largest absolute Gasteiger partial charge is 0.390 e. The average Bonchev–Trinajstić information content (AvgIpc) is 2.87. The van der Waals surface area contributed by atoms with Gasteiger partial charge in [0.2, 0.25) is 5.91 Å². The van der Waals surface area contributed by atoms with Gasteiger partial charge in [0.15, 0.2) is 0 Å². The summed E-state index contributed by atoms with van der Waals surface area (Å²) in [5, 5.41) is 26.9. The van der Waals surface area contributed by atoms with Crippen molar-refractivity contribution in [3.8, 4) is 6.07 Å². The lowest BCUT2D eigenvalue weighted by atomic mass is 9.96. The first-order valence-corrected chi connectivity index (χ1v) is 12.5. The molecule has 0 heterocycles. The van der Waals surface area contributed by atoms with Crippen LogP contribution in [0.25, 0.3) is 0 Å². The van der Waals surface area contributed by atoms with Gasteiger partial charge < -0.3 is 15.7 Å². The first-order chi connectivity index (χ1) is 17.8. The van der Waals surface area contributed by atoms with E-state index in [0.29, 0.717) is 17.1 Å². The molecule has 0 aliphatic carbocycles. The fraction of sp³-hybridized carbons (Fsp3) is 0.310. The first-order valence-electron chi connectivity index (χ1n) is 12.1. The van der Waals surface area contributed by atoms with E-state index in [1.807, 2.05) is 24.3 Å². The number of carbonyl (C=O) groups is 1. The number of hydrogen-bond donors (Lipinski definition) is 3. The Kier molecular flexibility index (Phi) is 10.6. The van der Waals surface area contributed by atoms with Crippen molar-refractivity contribution < 1.29 is 18.7 Å². The van der Waals surface area contributed by atoms with Gasteiger partial charge in [0.05, 0.1) is 18.2 Å². The molecular weight excluding hydrogens is 496 g/mol. The van der Waals surface area contributed by atoms with Crippen LogP contribution in [0.3, 0.4) is 0 Å². The second kappa shape index (κ2) is 13.8. The minimum Gasteiger partial charge on any atom is -0.390 e. The number of benzene rings is 3. The highest BCUT2D eigenvalue weighted by Crippen LogP contribution is 2.19. The van der Waals surface area contributed by atoms with E-state index in [0.717, 1.165) is 30.2 Å². The minimum atomic E-state index is -1.09. The normalized spacial score (nSPS) is 13.4.